The molecule has 2 unspecified atom stereocenters. The number of nitrogens with one attached hydrogen (secondary N) is 1. The third-order valence-electron chi connectivity index (χ3n) is 2.80. The van der Waals surface area contributed by atoms with Gasteiger partial charge in [0.15, 0.2) is 0 Å². The lowest BCUT2D eigenvalue weighted by molar-refractivity contribution is 0.0144. The van der Waals surface area contributed by atoms with Gasteiger partial charge in [0.05, 0.1) is 33.0 Å². The van der Waals surface area contributed by atoms with Crippen molar-refractivity contribution in [1.29, 1.82) is 0 Å². The molecule has 0 aromatic carbocycles. The molecule has 0 aliphatic rings. The average Bonchev–Trinajstić information content (AvgIpc) is 2.39. The van der Waals surface area contributed by atoms with Gasteiger partial charge in [-0.2, -0.15) is 0 Å². The second-order valence-electron chi connectivity index (χ2n) is 5.06. The SMILES string of the molecule is CCCCOCCOCCOCCNC(C)CC(C)Br. The van der Waals surface area contributed by atoms with Crippen LogP contribution in [0.1, 0.15) is 40.0 Å². The Morgan fingerprint density at radius 3 is 2.00 bits per heavy atom. The topological polar surface area (TPSA) is 39.7 Å². The van der Waals surface area contributed by atoms with E-state index in [9.17, 15) is 0 Å². The summed E-state index contributed by atoms with van der Waals surface area (Å²) in [4.78, 5) is 0.555. The molecule has 4 nitrogen and oxygen atoms in total. The highest BCUT2D eigenvalue weighted by Crippen LogP contribution is 2.05. The van der Waals surface area contributed by atoms with Gasteiger partial charge >= 0.3 is 0 Å². The first kappa shape index (κ1) is 20.3. The molecule has 0 heterocycles. The molecule has 0 aromatic rings. The van der Waals surface area contributed by atoms with Gasteiger partial charge in [-0.25, -0.2) is 0 Å². The van der Waals surface area contributed by atoms with Crippen molar-refractivity contribution in [1.82, 2.24) is 5.32 Å². The summed E-state index contributed by atoms with van der Waals surface area (Å²) in [5, 5.41) is 3.43. The van der Waals surface area contributed by atoms with E-state index in [4.69, 9.17) is 14.2 Å². The monoisotopic (exact) mass is 353 g/mol. The van der Waals surface area contributed by atoms with Crippen LogP contribution in [0.2, 0.25) is 0 Å². The molecule has 0 amide bonds. The van der Waals surface area contributed by atoms with Gasteiger partial charge in [0, 0.05) is 24.0 Å². The van der Waals surface area contributed by atoms with Gasteiger partial charge in [-0.3, -0.25) is 0 Å². The number of halogens is 1. The smallest absolute Gasteiger partial charge is 0.0701 e. The van der Waals surface area contributed by atoms with Crippen molar-refractivity contribution in [2.24, 2.45) is 0 Å². The lowest BCUT2D eigenvalue weighted by atomic mass is 10.2. The van der Waals surface area contributed by atoms with Gasteiger partial charge in [0.2, 0.25) is 0 Å². The van der Waals surface area contributed by atoms with E-state index < -0.39 is 0 Å². The normalized spacial score (nSPS) is 14.4. The first-order valence-electron chi connectivity index (χ1n) is 7.77. The molecule has 20 heavy (non-hydrogen) atoms. The predicted octanol–water partition coefficient (Wildman–Crippen LogP) is 2.99. The van der Waals surface area contributed by atoms with Crippen LogP contribution in [0, 0.1) is 0 Å². The highest BCUT2D eigenvalue weighted by Gasteiger charge is 2.04. The number of rotatable bonds is 15. The van der Waals surface area contributed by atoms with Crippen LogP contribution in [0.25, 0.3) is 0 Å². The van der Waals surface area contributed by atoms with Crippen molar-refractivity contribution in [2.45, 2.75) is 50.9 Å². The molecule has 0 aromatic heterocycles. The Morgan fingerprint density at radius 2 is 1.45 bits per heavy atom. The lowest BCUT2D eigenvalue weighted by Gasteiger charge is -2.15. The molecule has 0 fully saturated rings. The average molecular weight is 354 g/mol. The molecule has 1 N–H and O–H groups in total. The zero-order valence-corrected chi connectivity index (χ0v) is 14.9. The van der Waals surface area contributed by atoms with E-state index in [0.29, 0.717) is 37.3 Å². The molecule has 0 saturated heterocycles. The van der Waals surface area contributed by atoms with Gasteiger partial charge in [0.25, 0.3) is 0 Å². The summed E-state index contributed by atoms with van der Waals surface area (Å²) in [5.41, 5.74) is 0. The fourth-order valence-corrected chi connectivity index (χ4v) is 2.30. The third-order valence-corrected chi connectivity index (χ3v) is 3.18. The van der Waals surface area contributed by atoms with E-state index >= 15 is 0 Å². The Bertz CT molecular complexity index is 194. The van der Waals surface area contributed by atoms with E-state index in [2.05, 4.69) is 42.0 Å². The molecule has 0 rings (SSSR count). The minimum atomic E-state index is 0.518. The van der Waals surface area contributed by atoms with E-state index in [1.807, 2.05) is 0 Å². The first-order valence-corrected chi connectivity index (χ1v) is 8.69. The Hall–Kier alpha value is 0.320. The lowest BCUT2D eigenvalue weighted by Crippen LogP contribution is -2.31. The Balaban J connectivity index is 3.06. The fraction of sp³-hybridized carbons (Fsp3) is 1.00. The van der Waals surface area contributed by atoms with Gasteiger partial charge in [-0.05, 0) is 19.8 Å². The molecule has 0 radical (unpaired) electrons. The van der Waals surface area contributed by atoms with Crippen molar-refractivity contribution in [3.05, 3.63) is 0 Å². The van der Waals surface area contributed by atoms with E-state index in [-0.39, 0.29) is 0 Å². The van der Waals surface area contributed by atoms with Crippen molar-refractivity contribution in [3.8, 4) is 0 Å². The number of hydrogen-bond donors (Lipinski definition) is 1. The summed E-state index contributed by atoms with van der Waals surface area (Å²) >= 11 is 3.55. The number of hydrogen-bond acceptors (Lipinski definition) is 4. The minimum Gasteiger partial charge on any atom is -0.379 e. The highest BCUT2D eigenvalue weighted by molar-refractivity contribution is 9.09. The summed E-state index contributed by atoms with van der Waals surface area (Å²) in [6, 6.07) is 0.518. The van der Waals surface area contributed by atoms with Gasteiger partial charge in [0.1, 0.15) is 0 Å². The quantitative estimate of drug-likeness (QED) is 0.363. The van der Waals surface area contributed by atoms with E-state index in [0.717, 1.165) is 32.6 Å². The maximum atomic E-state index is 5.49. The largest absolute Gasteiger partial charge is 0.379 e. The number of alkyl halides is 1. The van der Waals surface area contributed by atoms with Gasteiger partial charge < -0.3 is 19.5 Å². The second-order valence-corrected chi connectivity index (χ2v) is 6.63. The molecule has 0 bridgehead atoms. The Labute approximate surface area is 133 Å². The molecular formula is C15H32BrNO3. The zero-order chi connectivity index (χ0) is 15.1. The van der Waals surface area contributed by atoms with Gasteiger partial charge in [-0.15, -0.1) is 0 Å². The van der Waals surface area contributed by atoms with Crippen molar-refractivity contribution < 1.29 is 14.2 Å². The van der Waals surface area contributed by atoms with Gasteiger partial charge in [-0.1, -0.05) is 36.2 Å². The van der Waals surface area contributed by atoms with Crippen molar-refractivity contribution >= 4 is 15.9 Å². The summed E-state index contributed by atoms with van der Waals surface area (Å²) in [5.74, 6) is 0. The maximum absolute atomic E-state index is 5.49. The fourth-order valence-electron chi connectivity index (χ4n) is 1.74. The molecule has 0 saturated carbocycles. The molecule has 0 aliphatic carbocycles. The Kier molecular flexibility index (Phi) is 16.0. The maximum Gasteiger partial charge on any atom is 0.0701 e. The van der Waals surface area contributed by atoms with Crippen LogP contribution in [0.3, 0.4) is 0 Å². The molecule has 0 spiro atoms. The number of ether oxygens (including phenoxy) is 3. The first-order chi connectivity index (χ1) is 9.66. The molecular weight excluding hydrogens is 322 g/mol. The van der Waals surface area contributed by atoms with Crippen LogP contribution < -0.4 is 5.32 Å². The summed E-state index contributed by atoms with van der Waals surface area (Å²) in [7, 11) is 0. The standard InChI is InChI=1S/C15H32BrNO3/c1-4-5-7-18-9-11-20-12-10-19-8-6-17-15(3)13-14(2)16/h14-15,17H,4-13H2,1-3H3. The predicted molar refractivity (Wildman–Crippen MR) is 87.8 cm³/mol. The molecule has 2 atom stereocenters. The number of unbranched alkanes of at least 4 members (excludes halogenated alkanes) is 1. The van der Waals surface area contributed by atoms with Crippen LogP contribution in [0.4, 0.5) is 0 Å². The minimum absolute atomic E-state index is 0.518. The van der Waals surface area contributed by atoms with Crippen LogP contribution >= 0.6 is 15.9 Å². The highest BCUT2D eigenvalue weighted by atomic mass is 79.9. The van der Waals surface area contributed by atoms with Crippen molar-refractivity contribution in [2.75, 3.05) is 46.2 Å². The zero-order valence-electron chi connectivity index (χ0n) is 13.3. The summed E-state index contributed by atoms with van der Waals surface area (Å²) < 4.78 is 16.3. The van der Waals surface area contributed by atoms with E-state index in [1.54, 1.807) is 0 Å². The van der Waals surface area contributed by atoms with Crippen LogP contribution in [-0.2, 0) is 14.2 Å². The van der Waals surface area contributed by atoms with E-state index in [1.165, 1.54) is 6.42 Å². The molecule has 122 valence electrons. The molecule has 0 aliphatic heterocycles. The summed E-state index contributed by atoms with van der Waals surface area (Å²) in [6.45, 7) is 11.6. The van der Waals surface area contributed by atoms with Crippen LogP contribution in [0.15, 0.2) is 0 Å². The Morgan fingerprint density at radius 1 is 0.900 bits per heavy atom. The van der Waals surface area contributed by atoms with Crippen molar-refractivity contribution in [3.63, 3.8) is 0 Å². The molecule has 5 heteroatoms. The van der Waals surface area contributed by atoms with Crippen LogP contribution in [-0.4, -0.2) is 57.1 Å². The third kappa shape index (κ3) is 16.4. The van der Waals surface area contributed by atoms with Crippen LogP contribution in [0.5, 0.6) is 0 Å². The summed E-state index contributed by atoms with van der Waals surface area (Å²) in [6.07, 6.45) is 3.43. The second kappa shape index (κ2) is 15.7.